The topological polar surface area (TPSA) is 842 Å². The summed E-state index contributed by atoms with van der Waals surface area (Å²) in [5.74, 6) is -13.0. The Labute approximate surface area is 667 Å². The molecule has 0 heterocycles. The van der Waals surface area contributed by atoms with Gasteiger partial charge in [-0.15, -0.1) is 0 Å². The Morgan fingerprint density at radius 2 is 0.626 bits per heavy atom. The molecule has 0 aliphatic rings. The number of nitrogens with one attached hydrogen (secondary N) is 11. The fraction of sp³-hybridized carbons (Fsp3) is 0.632. The smallest absolute Gasteiger partial charge is 0.243 e. The Bertz CT molecular complexity index is 3470. The number of hydrogen-bond acceptors (Lipinski definition) is 22. The number of carbonyl (C=O) groups excluding carboxylic acids is 13. The van der Waals surface area contributed by atoms with Gasteiger partial charge < -0.3 is 154 Å². The van der Waals surface area contributed by atoms with E-state index in [0.717, 1.165) is 0 Å². The van der Waals surface area contributed by atoms with E-state index in [1.807, 2.05) is 0 Å². The van der Waals surface area contributed by atoms with Gasteiger partial charge in [0.05, 0.1) is 6.54 Å². The van der Waals surface area contributed by atoms with Gasteiger partial charge in [0.1, 0.15) is 66.2 Å². The van der Waals surface area contributed by atoms with E-state index in [2.05, 4.69) is 88.4 Å². The molecule has 0 aliphatic heterocycles. The number of phenols is 1. The van der Waals surface area contributed by atoms with Crippen LogP contribution in [0.5, 0.6) is 5.75 Å². The fourth-order valence-corrected chi connectivity index (χ4v) is 10.9. The van der Waals surface area contributed by atoms with Crippen LogP contribution in [0.3, 0.4) is 0 Å². The fourth-order valence-electron chi connectivity index (χ4n) is 10.9. The maximum atomic E-state index is 14.9. The molecule has 0 aliphatic carbocycles. The lowest BCUT2D eigenvalue weighted by Gasteiger charge is -2.28. The first kappa shape index (κ1) is 101. The second-order valence-electron chi connectivity index (χ2n) is 26.9. The summed E-state index contributed by atoms with van der Waals surface area (Å²) in [7, 11) is 3.31. The molecule has 0 unspecified atom stereocenters. The third-order valence-electron chi connectivity index (χ3n) is 16.9. The van der Waals surface area contributed by atoms with Crippen molar-refractivity contribution in [2.45, 2.75) is 202 Å². The standard InChI is InChI=1S/C68H125N33O14/c1-38(102)91-50(36-39-22-24-40(103)25-23-39)54(107)90-37-52(105)92-42(17-9-31-85-64(75)76)55(108)94-43(14-4-6-28-69)57(110)95-44(15-5-7-29-70)58(111)97-46(18-10-32-86-65(77)78)59(112)98-48(20-12-34-88-67(81)82)61(114)100-49(26-27-51(71)104)62(115)99-47(19-11-33-87-66(79)80)60(113)96-45(21-13-35-89-68(83)101(2)3)56(109)93-41(53(72)106)16-8-30-84-63(73)74/h22-25,41-50,103H,4-21,26-37,69-70H2,1-3H3,(H2,71,104)(H2,72,106)(H2,83,89)(H,90,107)(H,91,102)(H,92,105)(H,93,109)(H,94,108)(H,95,110)(H,96,113)(H,97,111)(H,98,112)(H,99,115)(H,100,114)(H4,73,74,84)(H4,75,76,85)(H4,77,78,86)(H4,79,80,87)(H4,81,82,88)/t41-,42-,43-,44-,45-,46-,47-,48-,49-,50-/m0/s1. The number of carbonyl (C=O) groups is 13. The van der Waals surface area contributed by atoms with Gasteiger partial charge in [0.25, 0.3) is 0 Å². The van der Waals surface area contributed by atoms with Crippen molar-refractivity contribution in [3.8, 4) is 5.75 Å². The number of aromatic hydroxyl groups is 1. The van der Waals surface area contributed by atoms with Crippen molar-refractivity contribution >= 4 is 113 Å². The summed E-state index contributed by atoms with van der Waals surface area (Å²) in [6.07, 6.45) is -0.620. The number of nitrogens with zero attached hydrogens (tertiary/aromatic N) is 7. The molecule has 0 spiro atoms. The number of nitrogens with two attached hydrogens (primary N) is 15. The Kier molecular flexibility index (Phi) is 49.7. The first-order valence-electron chi connectivity index (χ1n) is 37.6. The summed E-state index contributed by atoms with van der Waals surface area (Å²) in [5.41, 5.74) is 85.2. The molecule has 1 rings (SSSR count). The predicted octanol–water partition coefficient (Wildman–Crippen LogP) is -11.1. The third kappa shape index (κ3) is 46.3. The Hall–Kier alpha value is -12.3. The average Bonchev–Trinajstić information content (AvgIpc) is 0.863. The summed E-state index contributed by atoms with van der Waals surface area (Å²) in [5, 5.41) is 38.2. The van der Waals surface area contributed by atoms with E-state index in [-0.39, 0.29) is 203 Å². The average molecular weight is 1630 g/mol. The van der Waals surface area contributed by atoms with Crippen LogP contribution in [0.15, 0.2) is 54.2 Å². The molecule has 47 nitrogen and oxygen atoms in total. The van der Waals surface area contributed by atoms with Crippen molar-refractivity contribution in [3.63, 3.8) is 0 Å². The first-order chi connectivity index (χ1) is 54.4. The SMILES string of the molecule is CC(=O)N[C@@H](Cc1ccc(O)cc1)C(=O)NCC(=O)N[C@@H](CCCN=C(N)N)C(=O)N[C@@H](CCCCN)C(=O)N[C@@H](CCCCN)C(=O)N[C@@H](CCCN=C(N)N)C(=O)N[C@@H](CCCN=C(N)N)C(=O)N[C@@H](CCC(N)=O)C(=O)N[C@@H](CCCN=C(N)N)C(=O)N[C@@H](CCCN=C(N)N(C)C)C(=O)N[C@@H](CCCN=C(N)N)C(N)=O. The van der Waals surface area contributed by atoms with Crippen LogP contribution in [0.25, 0.3) is 0 Å². The van der Waals surface area contributed by atoms with E-state index in [0.29, 0.717) is 18.4 Å². The zero-order chi connectivity index (χ0) is 86.5. The minimum Gasteiger partial charge on any atom is -0.508 e. The summed E-state index contributed by atoms with van der Waals surface area (Å²) in [6.45, 7) is 0.699. The molecule has 1 aromatic carbocycles. The number of guanidine groups is 6. The molecule has 0 aromatic heterocycles. The van der Waals surface area contributed by atoms with Gasteiger partial charge in [0, 0.05) is 73.1 Å². The second kappa shape index (κ2) is 56.8. The zero-order valence-electron chi connectivity index (χ0n) is 65.8. The molecule has 115 heavy (non-hydrogen) atoms. The van der Waals surface area contributed by atoms with Crippen LogP contribution in [0.4, 0.5) is 0 Å². The number of amides is 13. The van der Waals surface area contributed by atoms with Gasteiger partial charge in [0.2, 0.25) is 76.8 Å². The van der Waals surface area contributed by atoms with Crippen LogP contribution in [0.1, 0.15) is 141 Å². The number of primary amides is 2. The highest BCUT2D eigenvalue weighted by molar-refractivity contribution is 5.99. The number of benzene rings is 1. The van der Waals surface area contributed by atoms with E-state index in [9.17, 15) is 67.4 Å². The number of phenolic OH excluding ortho intramolecular Hbond substituents is 1. The van der Waals surface area contributed by atoms with E-state index >= 15 is 0 Å². The van der Waals surface area contributed by atoms with E-state index in [1.54, 1.807) is 26.2 Å². The lowest BCUT2D eigenvalue weighted by atomic mass is 10.0. The molecule has 13 amide bonds. The monoisotopic (exact) mass is 1630 g/mol. The predicted molar refractivity (Wildman–Crippen MR) is 432 cm³/mol. The van der Waals surface area contributed by atoms with Gasteiger partial charge in [-0.05, 0) is 153 Å². The molecular formula is C68H125N33O14. The zero-order valence-corrected chi connectivity index (χ0v) is 65.8. The molecular weight excluding hydrogens is 1500 g/mol. The van der Waals surface area contributed by atoms with Crippen LogP contribution >= 0.6 is 0 Å². The molecule has 0 radical (unpaired) electrons. The molecule has 1 aromatic rings. The summed E-state index contributed by atoms with van der Waals surface area (Å²) in [4.78, 5) is 207. The number of unbranched alkanes of at least 4 members (excludes halogenated alkanes) is 2. The Morgan fingerprint density at radius 3 is 0.904 bits per heavy atom. The lowest BCUT2D eigenvalue weighted by molar-refractivity contribution is -0.136. The van der Waals surface area contributed by atoms with E-state index in [4.69, 9.17) is 86.0 Å². The minimum absolute atomic E-state index is 0.00168. The minimum atomic E-state index is -1.72. The summed E-state index contributed by atoms with van der Waals surface area (Å²) >= 11 is 0. The molecule has 646 valence electrons. The van der Waals surface area contributed by atoms with Crippen molar-refractivity contribution in [1.29, 1.82) is 0 Å². The van der Waals surface area contributed by atoms with Crippen LogP contribution in [0.2, 0.25) is 0 Å². The molecule has 0 saturated carbocycles. The molecule has 10 atom stereocenters. The largest absolute Gasteiger partial charge is 0.508 e. The van der Waals surface area contributed by atoms with Gasteiger partial charge in [-0.2, -0.15) is 0 Å². The van der Waals surface area contributed by atoms with Gasteiger partial charge in [-0.1, -0.05) is 12.1 Å². The van der Waals surface area contributed by atoms with Crippen LogP contribution in [-0.4, -0.2) is 256 Å². The number of rotatable bonds is 59. The van der Waals surface area contributed by atoms with Crippen LogP contribution < -0.4 is 144 Å². The van der Waals surface area contributed by atoms with E-state index < -0.39 is 157 Å². The van der Waals surface area contributed by atoms with Crippen LogP contribution in [0, 0.1) is 0 Å². The Balaban J connectivity index is 3.95. The number of hydrogen-bond donors (Lipinski definition) is 27. The second-order valence-corrected chi connectivity index (χ2v) is 26.9. The third-order valence-corrected chi connectivity index (χ3v) is 16.9. The molecule has 0 saturated heterocycles. The molecule has 47 heteroatoms. The molecule has 0 bridgehead atoms. The highest BCUT2D eigenvalue weighted by atomic mass is 16.3. The maximum absolute atomic E-state index is 14.9. The van der Waals surface area contributed by atoms with Crippen molar-refractivity contribution < 1.29 is 67.4 Å². The van der Waals surface area contributed by atoms with Gasteiger partial charge in [-0.25, -0.2) is 0 Å². The maximum Gasteiger partial charge on any atom is 0.243 e. The first-order valence-corrected chi connectivity index (χ1v) is 37.6. The van der Waals surface area contributed by atoms with Gasteiger partial charge in [0.15, 0.2) is 35.8 Å². The van der Waals surface area contributed by atoms with Crippen LogP contribution in [-0.2, 0) is 68.7 Å². The lowest BCUT2D eigenvalue weighted by Crippen LogP contribution is -2.60. The molecule has 42 N–H and O–H groups in total. The normalized spacial score (nSPS) is 13.6. The number of aliphatic imine (C=N–C) groups is 6. The Morgan fingerprint density at radius 1 is 0.348 bits per heavy atom. The van der Waals surface area contributed by atoms with Gasteiger partial charge >= 0.3 is 0 Å². The van der Waals surface area contributed by atoms with Crippen molar-refractivity contribution in [2.24, 2.45) is 116 Å². The quantitative estimate of drug-likeness (QED) is 0.0164. The van der Waals surface area contributed by atoms with Crippen molar-refractivity contribution in [2.75, 3.05) is 73.0 Å². The van der Waals surface area contributed by atoms with Crippen molar-refractivity contribution in [1.82, 2.24) is 63.4 Å². The van der Waals surface area contributed by atoms with Gasteiger partial charge in [-0.3, -0.25) is 92.3 Å². The molecule has 0 fully saturated rings. The highest BCUT2D eigenvalue weighted by Gasteiger charge is 2.36. The van der Waals surface area contributed by atoms with E-state index in [1.165, 1.54) is 24.0 Å². The summed E-state index contributed by atoms with van der Waals surface area (Å²) in [6, 6.07) is -8.79. The van der Waals surface area contributed by atoms with Crippen molar-refractivity contribution in [3.05, 3.63) is 29.8 Å². The summed E-state index contributed by atoms with van der Waals surface area (Å²) < 4.78 is 0. The highest BCUT2D eigenvalue weighted by Crippen LogP contribution is 2.15.